The van der Waals surface area contributed by atoms with E-state index in [1.165, 1.54) is 115 Å². The number of hydrogen-bond acceptors (Lipinski definition) is 0. The van der Waals surface area contributed by atoms with Crippen LogP contribution >= 0.6 is 0 Å². The van der Waals surface area contributed by atoms with Gasteiger partial charge in [-0.2, -0.15) is 104 Å². The molecule has 7 heteroatoms. The summed E-state index contributed by atoms with van der Waals surface area (Å²) in [6.07, 6.45) is 4.37. The standard InChI is InChI=1S/C25H25.C11H17.2C7H4F3.CH2.Zr/c1-14-12-24(3,4)22-8-16-7-17-9-23-19(15(2)13-25(23,5)6)11-21(17)20(16)10-18(14)22;1-8-6-9(2)10(7-8)11(3,4)5;2*8-7(9,10)6-4-2-1-3-5-6;;/h8-12H,7H2,1-6H3;7-8H,1-5H3;2*1-2,4-5H;1H2;/q4*-1;;. The van der Waals surface area contributed by atoms with Crippen molar-refractivity contribution in [1.29, 1.82) is 0 Å². The van der Waals surface area contributed by atoms with Crippen molar-refractivity contribution in [3.8, 4) is 11.1 Å². The Morgan fingerprint density at radius 1 is 0.690 bits per heavy atom. The second-order valence-corrected chi connectivity index (χ2v) is 17.2. The van der Waals surface area contributed by atoms with Gasteiger partial charge in [0.15, 0.2) is 0 Å². The summed E-state index contributed by atoms with van der Waals surface area (Å²) in [5.41, 5.74) is 16.3. The van der Waals surface area contributed by atoms with Crippen molar-refractivity contribution in [2.75, 3.05) is 0 Å². The number of fused-ring (bicyclic) bond motifs is 5. The van der Waals surface area contributed by atoms with Crippen LogP contribution in [0.2, 0.25) is 0 Å². The van der Waals surface area contributed by atoms with Gasteiger partial charge in [0.2, 0.25) is 0 Å². The molecule has 4 aliphatic carbocycles. The quantitative estimate of drug-likeness (QED) is 0.107. The fourth-order valence-corrected chi connectivity index (χ4v) is 8.06. The Balaban J connectivity index is 0.000000189. The van der Waals surface area contributed by atoms with Crippen molar-refractivity contribution in [3.05, 3.63) is 165 Å². The van der Waals surface area contributed by atoms with Crippen LogP contribution in [0.4, 0.5) is 26.3 Å². The Hall–Kier alpha value is -3.83. The van der Waals surface area contributed by atoms with E-state index >= 15 is 0 Å². The minimum absolute atomic E-state index is 0.0340. The van der Waals surface area contributed by atoms with Gasteiger partial charge in [0.25, 0.3) is 0 Å². The van der Waals surface area contributed by atoms with Crippen LogP contribution in [0.5, 0.6) is 0 Å². The zero-order chi connectivity index (χ0) is 43.6. The van der Waals surface area contributed by atoms with Crippen molar-refractivity contribution in [3.63, 3.8) is 0 Å². The molecule has 4 aromatic carbocycles. The molecule has 0 bridgehead atoms. The molecule has 0 amide bonds. The van der Waals surface area contributed by atoms with Crippen LogP contribution in [0.15, 0.2) is 96.1 Å². The van der Waals surface area contributed by atoms with Gasteiger partial charge in [0.05, 0.1) is 0 Å². The second kappa shape index (κ2) is 17.8. The number of benzene rings is 4. The molecular weight excluding hydrogens is 818 g/mol. The van der Waals surface area contributed by atoms with Crippen molar-refractivity contribution < 1.29 is 50.6 Å². The van der Waals surface area contributed by atoms with Gasteiger partial charge < -0.3 is 0 Å². The summed E-state index contributed by atoms with van der Waals surface area (Å²) in [5, 5.41) is 0. The van der Waals surface area contributed by atoms with Crippen LogP contribution in [0.25, 0.3) is 22.3 Å². The molecular formula is C51H52F6Zr-4. The van der Waals surface area contributed by atoms with Gasteiger partial charge in [-0.05, 0) is 58.4 Å². The van der Waals surface area contributed by atoms with Crippen LogP contribution in [0.3, 0.4) is 0 Å². The first-order valence-electron chi connectivity index (χ1n) is 19.2. The third-order valence-electron chi connectivity index (χ3n) is 10.6. The zero-order valence-corrected chi connectivity index (χ0v) is 37.8. The maximum absolute atomic E-state index is 11.8. The molecule has 1 atom stereocenters. The van der Waals surface area contributed by atoms with Gasteiger partial charge >= 0.3 is 40.8 Å². The second-order valence-electron chi connectivity index (χ2n) is 17.2. The van der Waals surface area contributed by atoms with Crippen molar-refractivity contribution in [1.82, 2.24) is 0 Å². The van der Waals surface area contributed by atoms with E-state index in [9.17, 15) is 26.3 Å². The third-order valence-corrected chi connectivity index (χ3v) is 10.6. The molecule has 0 heterocycles. The van der Waals surface area contributed by atoms with E-state index in [-0.39, 0.29) is 10.8 Å². The van der Waals surface area contributed by atoms with E-state index < -0.39 is 23.5 Å². The molecule has 0 nitrogen and oxygen atoms in total. The number of allylic oxidation sites excluding steroid dienone is 8. The maximum atomic E-state index is 11.8. The first kappa shape index (κ1) is 46.9. The Morgan fingerprint density at radius 2 is 1.17 bits per heavy atom. The van der Waals surface area contributed by atoms with E-state index in [4.69, 9.17) is 0 Å². The molecule has 0 aliphatic heterocycles. The number of alkyl halides is 6. The van der Waals surface area contributed by atoms with Crippen molar-refractivity contribution in [2.24, 2.45) is 11.3 Å². The van der Waals surface area contributed by atoms with E-state index in [1.54, 1.807) is 0 Å². The number of halogens is 6. The summed E-state index contributed by atoms with van der Waals surface area (Å²) in [6, 6.07) is 23.8. The van der Waals surface area contributed by atoms with Gasteiger partial charge in [-0.1, -0.05) is 115 Å². The molecule has 0 saturated heterocycles. The Labute approximate surface area is 357 Å². The van der Waals surface area contributed by atoms with Gasteiger partial charge in [-0.3, -0.25) is 12.2 Å². The first-order valence-corrected chi connectivity index (χ1v) is 21.0. The van der Waals surface area contributed by atoms with Gasteiger partial charge in [-0.15, -0.1) is 11.6 Å². The SMILES string of the molecule is CC1=[C-]C(C)(C)c2cc3c(cc21)-c1cc2c(cc1C3)C(C)(C)C=C2C.CC1=[C-]C(C)C=C1C(C)(C)C.FC(F)(F)c1c[c-]ccc1.FC(F)(F)c1c[c-]ccc1.[CH2]=[Zr]. The molecule has 8 rings (SSSR count). The monoisotopic (exact) mass is 868 g/mol. The van der Waals surface area contributed by atoms with Crippen LogP contribution < -0.4 is 0 Å². The third kappa shape index (κ3) is 10.9. The molecule has 0 radical (unpaired) electrons. The van der Waals surface area contributed by atoms with Crippen LogP contribution in [0.1, 0.15) is 121 Å². The fraction of sp³-hybridized carbons (Fsp3) is 0.353. The van der Waals surface area contributed by atoms with Gasteiger partial charge in [0, 0.05) is 5.41 Å². The predicted molar refractivity (Wildman–Crippen MR) is 224 cm³/mol. The topological polar surface area (TPSA) is 0 Å². The summed E-state index contributed by atoms with van der Waals surface area (Å²) in [4.78, 5) is 0. The Kier molecular flexibility index (Phi) is 14.4. The molecule has 306 valence electrons. The molecule has 0 fully saturated rings. The molecule has 0 aromatic heterocycles. The summed E-state index contributed by atoms with van der Waals surface area (Å²) in [5.74, 6) is 0.518. The summed E-state index contributed by atoms with van der Waals surface area (Å²) in [6.45, 7) is 24.8. The molecule has 1 unspecified atom stereocenters. The Bertz CT molecular complexity index is 2090. The van der Waals surface area contributed by atoms with Crippen LogP contribution in [-0.2, 0) is 53.8 Å². The molecule has 4 aromatic rings. The average molecular weight is 870 g/mol. The fourth-order valence-electron chi connectivity index (χ4n) is 8.06. The van der Waals surface area contributed by atoms with Gasteiger partial charge in [0.1, 0.15) is 0 Å². The van der Waals surface area contributed by atoms with E-state index in [0.29, 0.717) is 11.3 Å². The molecule has 0 N–H and O–H groups in total. The molecule has 0 saturated carbocycles. The predicted octanol–water partition coefficient (Wildman–Crippen LogP) is 14.8. The van der Waals surface area contributed by atoms with E-state index in [1.807, 2.05) is 0 Å². The number of hydrogen-bond donors (Lipinski definition) is 0. The summed E-state index contributed by atoms with van der Waals surface area (Å²) < 4.78 is 73.9. The van der Waals surface area contributed by atoms with Crippen molar-refractivity contribution in [2.45, 2.75) is 106 Å². The van der Waals surface area contributed by atoms with Crippen LogP contribution in [-0.4, -0.2) is 4.21 Å². The average Bonchev–Trinajstić information content (AvgIpc) is 3.82. The molecule has 4 aliphatic rings. The normalized spacial score (nSPS) is 17.6. The summed E-state index contributed by atoms with van der Waals surface area (Å²) in [7, 11) is 0. The first-order chi connectivity index (χ1) is 26.8. The summed E-state index contributed by atoms with van der Waals surface area (Å²) >= 11 is 1.30. The zero-order valence-electron chi connectivity index (χ0n) is 35.3. The van der Waals surface area contributed by atoms with Gasteiger partial charge in [-0.25, -0.2) is 11.1 Å². The molecule has 58 heavy (non-hydrogen) atoms. The number of rotatable bonds is 0. The molecule has 0 spiro atoms. The van der Waals surface area contributed by atoms with Crippen LogP contribution in [0, 0.1) is 35.6 Å². The van der Waals surface area contributed by atoms with E-state index in [0.717, 1.165) is 30.7 Å². The Morgan fingerprint density at radius 3 is 1.55 bits per heavy atom. The van der Waals surface area contributed by atoms with E-state index in [2.05, 4.69) is 141 Å². The van der Waals surface area contributed by atoms with Crippen molar-refractivity contribution >= 4 is 15.4 Å². The minimum atomic E-state index is -4.24.